The molecule has 2 heterocycles. The van der Waals surface area contributed by atoms with E-state index in [4.69, 9.17) is 11.6 Å². The van der Waals surface area contributed by atoms with Crippen molar-refractivity contribution in [1.29, 1.82) is 0 Å². The molecule has 31 heavy (non-hydrogen) atoms. The van der Waals surface area contributed by atoms with Gasteiger partial charge in [-0.15, -0.1) is 0 Å². The number of carbonyl (C=O) groups is 2. The fourth-order valence-electron chi connectivity index (χ4n) is 3.42. The lowest BCUT2D eigenvalue weighted by molar-refractivity contribution is -0.138. The Kier molecular flexibility index (Phi) is 7.04. The van der Waals surface area contributed by atoms with Crippen molar-refractivity contribution >= 4 is 29.2 Å². The topological polar surface area (TPSA) is 65.5 Å². The Bertz CT molecular complexity index is 912. The summed E-state index contributed by atoms with van der Waals surface area (Å²) in [7, 11) is 0. The predicted octanol–water partition coefficient (Wildman–Crippen LogP) is 3.67. The Labute approximate surface area is 183 Å². The molecule has 1 atom stereocenters. The quantitative estimate of drug-likeness (QED) is 0.748. The molecule has 0 radical (unpaired) electrons. The van der Waals surface area contributed by atoms with Gasteiger partial charge in [0.25, 0.3) is 0 Å². The molecule has 10 heteroatoms. The van der Waals surface area contributed by atoms with Crippen LogP contribution in [0.15, 0.2) is 42.6 Å². The zero-order chi connectivity index (χ0) is 22.6. The number of hydrogen-bond donors (Lipinski definition) is 1. The molecule has 0 aliphatic carbocycles. The van der Waals surface area contributed by atoms with Crippen molar-refractivity contribution in [3.63, 3.8) is 0 Å². The number of nitrogens with zero attached hydrogens (tertiary/aromatic N) is 3. The average molecular weight is 455 g/mol. The molecule has 1 aromatic carbocycles. The minimum atomic E-state index is -4.43. The Morgan fingerprint density at radius 3 is 2.26 bits per heavy atom. The number of carbonyl (C=O) groups excluding carboxylic acids is 2. The third kappa shape index (κ3) is 6.10. The van der Waals surface area contributed by atoms with Gasteiger partial charge in [-0.05, 0) is 29.8 Å². The van der Waals surface area contributed by atoms with Crippen molar-refractivity contribution in [3.05, 3.63) is 58.7 Å². The van der Waals surface area contributed by atoms with E-state index >= 15 is 0 Å². The molecule has 2 amide bonds. The Morgan fingerprint density at radius 2 is 1.74 bits per heavy atom. The average Bonchev–Trinajstić information content (AvgIpc) is 2.73. The summed E-state index contributed by atoms with van der Waals surface area (Å²) in [5.74, 6) is 0.0806. The molecule has 2 aromatic rings. The molecule has 1 saturated heterocycles. The number of halogens is 4. The van der Waals surface area contributed by atoms with Crippen LogP contribution in [0.1, 0.15) is 30.5 Å². The Morgan fingerprint density at radius 1 is 1.10 bits per heavy atom. The standard InChI is InChI=1S/C21H22ClF3N4O2/c1-14(30)27-18(15-2-5-17(22)6-3-15)12-20(31)29-10-8-28(9-11-29)19-7-4-16(13-26-19)21(23,24)25/h2-7,13,18H,8-12H2,1H3,(H,27,30). The second kappa shape index (κ2) is 9.55. The first kappa shape index (κ1) is 22.9. The van der Waals surface area contributed by atoms with Crippen LogP contribution in [0.5, 0.6) is 0 Å². The molecule has 0 bridgehead atoms. The summed E-state index contributed by atoms with van der Waals surface area (Å²) in [5, 5.41) is 3.36. The second-order valence-corrected chi connectivity index (χ2v) is 7.72. The van der Waals surface area contributed by atoms with Gasteiger partial charge in [0.1, 0.15) is 5.82 Å². The van der Waals surface area contributed by atoms with Gasteiger partial charge in [-0.3, -0.25) is 9.59 Å². The number of anilines is 1. The number of rotatable bonds is 5. The van der Waals surface area contributed by atoms with Crippen molar-refractivity contribution in [2.45, 2.75) is 25.6 Å². The van der Waals surface area contributed by atoms with Crippen LogP contribution in [0.4, 0.5) is 19.0 Å². The van der Waals surface area contributed by atoms with Crippen molar-refractivity contribution in [2.75, 3.05) is 31.1 Å². The van der Waals surface area contributed by atoms with Crippen LogP contribution < -0.4 is 10.2 Å². The summed E-state index contributed by atoms with van der Waals surface area (Å²) in [4.78, 5) is 31.8. The number of amides is 2. The van der Waals surface area contributed by atoms with Crippen LogP contribution in [-0.4, -0.2) is 47.9 Å². The van der Waals surface area contributed by atoms with E-state index in [9.17, 15) is 22.8 Å². The summed E-state index contributed by atoms with van der Waals surface area (Å²) in [6.45, 7) is 3.12. The van der Waals surface area contributed by atoms with Crippen LogP contribution >= 0.6 is 11.6 Å². The number of piperazine rings is 1. The Balaban J connectivity index is 1.59. The maximum absolute atomic E-state index is 12.8. The highest BCUT2D eigenvalue weighted by Gasteiger charge is 2.31. The van der Waals surface area contributed by atoms with Crippen LogP contribution in [-0.2, 0) is 15.8 Å². The van der Waals surface area contributed by atoms with Crippen molar-refractivity contribution in [2.24, 2.45) is 0 Å². The van der Waals surface area contributed by atoms with Crippen LogP contribution in [0.25, 0.3) is 0 Å². The molecular weight excluding hydrogens is 433 g/mol. The van der Waals surface area contributed by atoms with Crippen LogP contribution in [0, 0.1) is 0 Å². The van der Waals surface area contributed by atoms with Gasteiger partial charge >= 0.3 is 6.18 Å². The molecular formula is C21H22ClF3N4O2. The van der Waals surface area contributed by atoms with Crippen molar-refractivity contribution in [1.82, 2.24) is 15.2 Å². The molecule has 0 spiro atoms. The molecule has 1 unspecified atom stereocenters. The lowest BCUT2D eigenvalue weighted by Crippen LogP contribution is -2.49. The number of hydrogen-bond acceptors (Lipinski definition) is 4. The molecule has 166 valence electrons. The van der Waals surface area contributed by atoms with Crippen molar-refractivity contribution in [3.8, 4) is 0 Å². The highest BCUT2D eigenvalue weighted by atomic mass is 35.5. The van der Waals surface area contributed by atoms with E-state index in [0.29, 0.717) is 37.0 Å². The number of aromatic nitrogens is 1. The minimum Gasteiger partial charge on any atom is -0.353 e. The molecule has 6 nitrogen and oxygen atoms in total. The second-order valence-electron chi connectivity index (χ2n) is 7.28. The number of alkyl halides is 3. The Hall–Kier alpha value is -2.81. The van der Waals surface area contributed by atoms with E-state index in [0.717, 1.165) is 17.8 Å². The molecule has 1 N–H and O–H groups in total. The van der Waals surface area contributed by atoms with Gasteiger partial charge in [0.05, 0.1) is 18.0 Å². The first-order chi connectivity index (χ1) is 14.6. The molecule has 1 fully saturated rings. The zero-order valence-corrected chi connectivity index (χ0v) is 17.6. The van der Waals surface area contributed by atoms with Gasteiger partial charge in [-0.25, -0.2) is 4.98 Å². The van der Waals surface area contributed by atoms with Crippen LogP contribution in [0.2, 0.25) is 5.02 Å². The van der Waals surface area contributed by atoms with E-state index < -0.39 is 17.8 Å². The number of pyridine rings is 1. The third-order valence-electron chi connectivity index (χ3n) is 5.06. The normalized spacial score (nSPS) is 15.5. The number of nitrogens with one attached hydrogen (secondary N) is 1. The first-order valence-corrected chi connectivity index (χ1v) is 10.1. The minimum absolute atomic E-state index is 0.0970. The molecule has 1 aromatic heterocycles. The van der Waals surface area contributed by atoms with E-state index in [1.807, 2.05) is 4.90 Å². The van der Waals surface area contributed by atoms with Gasteiger partial charge in [0.2, 0.25) is 11.8 Å². The highest BCUT2D eigenvalue weighted by Crippen LogP contribution is 2.29. The molecule has 0 saturated carbocycles. The predicted molar refractivity (Wildman–Crippen MR) is 111 cm³/mol. The molecule has 3 rings (SSSR count). The summed E-state index contributed by atoms with van der Waals surface area (Å²) < 4.78 is 38.1. The summed E-state index contributed by atoms with van der Waals surface area (Å²) in [5.41, 5.74) is -0.0168. The van der Waals surface area contributed by atoms with E-state index in [-0.39, 0.29) is 18.2 Å². The highest BCUT2D eigenvalue weighted by molar-refractivity contribution is 6.30. The van der Waals surface area contributed by atoms with Gasteiger partial charge < -0.3 is 15.1 Å². The SMILES string of the molecule is CC(=O)NC(CC(=O)N1CCN(c2ccc(C(F)(F)F)cn2)CC1)c1ccc(Cl)cc1. The van der Waals surface area contributed by atoms with E-state index in [2.05, 4.69) is 10.3 Å². The van der Waals surface area contributed by atoms with Gasteiger partial charge in [-0.1, -0.05) is 23.7 Å². The lowest BCUT2D eigenvalue weighted by atomic mass is 10.0. The molecule has 1 aliphatic rings. The van der Waals surface area contributed by atoms with E-state index in [1.165, 1.54) is 13.0 Å². The fraction of sp³-hybridized carbons (Fsp3) is 0.381. The summed E-state index contributed by atoms with van der Waals surface area (Å²) in [6, 6.07) is 8.81. The zero-order valence-electron chi connectivity index (χ0n) is 16.8. The lowest BCUT2D eigenvalue weighted by Gasteiger charge is -2.36. The maximum Gasteiger partial charge on any atom is 0.417 e. The summed E-state index contributed by atoms with van der Waals surface area (Å²) in [6.07, 6.45) is -3.51. The van der Waals surface area contributed by atoms with Crippen molar-refractivity contribution < 1.29 is 22.8 Å². The van der Waals surface area contributed by atoms with Gasteiger partial charge in [-0.2, -0.15) is 13.2 Å². The third-order valence-corrected chi connectivity index (χ3v) is 5.31. The largest absolute Gasteiger partial charge is 0.417 e. The monoisotopic (exact) mass is 454 g/mol. The molecule has 1 aliphatic heterocycles. The van der Waals surface area contributed by atoms with Gasteiger partial charge in [0, 0.05) is 44.3 Å². The van der Waals surface area contributed by atoms with Crippen LogP contribution in [0.3, 0.4) is 0 Å². The van der Waals surface area contributed by atoms with Gasteiger partial charge in [0.15, 0.2) is 0 Å². The number of benzene rings is 1. The smallest absolute Gasteiger partial charge is 0.353 e. The summed E-state index contributed by atoms with van der Waals surface area (Å²) >= 11 is 5.92. The fourth-order valence-corrected chi connectivity index (χ4v) is 3.55. The maximum atomic E-state index is 12.8. The first-order valence-electron chi connectivity index (χ1n) is 9.72. The van der Waals surface area contributed by atoms with E-state index in [1.54, 1.807) is 29.2 Å².